The standard InChI is InChI=1S/C22H25N3O3/c26-21(24-19-8-12-28-15-19)17-6-4-5-16(13-17)20-14-18(7-9-23-20)22(27)25-10-2-1-3-11-25/h4-7,9,13-14,19H,1-3,8,10-12,15H2,(H,24,26). The van der Waals surface area contributed by atoms with Crippen molar-refractivity contribution in [1.29, 1.82) is 0 Å². The van der Waals surface area contributed by atoms with Crippen molar-refractivity contribution in [2.45, 2.75) is 31.7 Å². The van der Waals surface area contributed by atoms with E-state index in [9.17, 15) is 9.59 Å². The molecule has 2 aliphatic rings. The van der Waals surface area contributed by atoms with E-state index < -0.39 is 0 Å². The first-order valence-corrected chi connectivity index (χ1v) is 9.95. The zero-order valence-corrected chi connectivity index (χ0v) is 15.9. The van der Waals surface area contributed by atoms with E-state index in [1.807, 2.05) is 29.2 Å². The summed E-state index contributed by atoms with van der Waals surface area (Å²) >= 11 is 0. The number of carbonyl (C=O) groups is 2. The predicted molar refractivity (Wildman–Crippen MR) is 106 cm³/mol. The Hall–Kier alpha value is -2.73. The Morgan fingerprint density at radius 3 is 2.71 bits per heavy atom. The predicted octanol–water partition coefficient (Wildman–Crippen LogP) is 2.89. The number of nitrogens with zero attached hydrogens (tertiary/aromatic N) is 2. The van der Waals surface area contributed by atoms with E-state index in [0.717, 1.165) is 37.9 Å². The lowest BCUT2D eigenvalue weighted by molar-refractivity contribution is 0.0724. The summed E-state index contributed by atoms with van der Waals surface area (Å²) < 4.78 is 5.31. The van der Waals surface area contributed by atoms with Gasteiger partial charge in [-0.25, -0.2) is 0 Å². The van der Waals surface area contributed by atoms with E-state index in [-0.39, 0.29) is 17.9 Å². The molecule has 2 fully saturated rings. The van der Waals surface area contributed by atoms with Gasteiger partial charge in [0.25, 0.3) is 11.8 Å². The van der Waals surface area contributed by atoms with Gasteiger partial charge in [0.1, 0.15) is 0 Å². The molecule has 2 aliphatic heterocycles. The van der Waals surface area contributed by atoms with Crippen molar-refractivity contribution >= 4 is 11.8 Å². The van der Waals surface area contributed by atoms with Crippen LogP contribution in [0.15, 0.2) is 42.6 Å². The number of hydrogen-bond acceptors (Lipinski definition) is 4. The van der Waals surface area contributed by atoms with E-state index in [2.05, 4.69) is 10.3 Å². The van der Waals surface area contributed by atoms with Gasteiger partial charge in [0.05, 0.1) is 18.3 Å². The summed E-state index contributed by atoms with van der Waals surface area (Å²) in [5.74, 6) is -0.0589. The first-order valence-electron chi connectivity index (χ1n) is 9.95. The van der Waals surface area contributed by atoms with Crippen molar-refractivity contribution in [3.8, 4) is 11.3 Å². The molecule has 2 aromatic rings. The molecule has 3 heterocycles. The highest BCUT2D eigenvalue weighted by molar-refractivity contribution is 5.97. The lowest BCUT2D eigenvalue weighted by Gasteiger charge is -2.26. The smallest absolute Gasteiger partial charge is 0.253 e. The number of pyridine rings is 1. The minimum absolute atomic E-state index is 0.0541. The van der Waals surface area contributed by atoms with Crippen LogP contribution >= 0.6 is 0 Å². The Balaban J connectivity index is 1.52. The molecule has 0 radical (unpaired) electrons. The van der Waals surface area contributed by atoms with Gasteiger partial charge < -0.3 is 15.0 Å². The molecular weight excluding hydrogens is 354 g/mol. The molecule has 1 unspecified atom stereocenters. The third-order valence-corrected chi connectivity index (χ3v) is 5.34. The Labute approximate surface area is 164 Å². The lowest BCUT2D eigenvalue weighted by atomic mass is 10.0. The highest BCUT2D eigenvalue weighted by atomic mass is 16.5. The highest BCUT2D eigenvalue weighted by Crippen LogP contribution is 2.21. The summed E-state index contributed by atoms with van der Waals surface area (Å²) in [6.45, 7) is 2.88. The van der Waals surface area contributed by atoms with Crippen molar-refractivity contribution in [1.82, 2.24) is 15.2 Å². The number of hydrogen-bond donors (Lipinski definition) is 1. The first-order chi connectivity index (χ1) is 13.7. The zero-order valence-electron chi connectivity index (χ0n) is 15.9. The van der Waals surface area contributed by atoms with Crippen LogP contribution in [0.3, 0.4) is 0 Å². The number of rotatable bonds is 4. The SMILES string of the molecule is O=C(NC1CCOC1)c1cccc(-c2cc(C(=O)N3CCCCC3)ccn2)c1. The van der Waals surface area contributed by atoms with Crippen molar-refractivity contribution in [2.75, 3.05) is 26.3 Å². The fraction of sp³-hybridized carbons (Fsp3) is 0.409. The quantitative estimate of drug-likeness (QED) is 0.887. The molecule has 1 aromatic heterocycles. The number of nitrogens with one attached hydrogen (secondary N) is 1. The maximum absolute atomic E-state index is 12.8. The van der Waals surface area contributed by atoms with Crippen LogP contribution in [0.1, 0.15) is 46.4 Å². The fourth-order valence-electron chi connectivity index (χ4n) is 3.74. The fourth-order valence-corrected chi connectivity index (χ4v) is 3.74. The molecule has 1 N–H and O–H groups in total. The Bertz CT molecular complexity index is 856. The summed E-state index contributed by atoms with van der Waals surface area (Å²) in [6, 6.07) is 11.0. The number of ether oxygens (including phenoxy) is 1. The number of piperidine rings is 1. The average molecular weight is 379 g/mol. The van der Waals surface area contributed by atoms with Crippen molar-refractivity contribution in [2.24, 2.45) is 0 Å². The van der Waals surface area contributed by atoms with Crippen LogP contribution < -0.4 is 5.32 Å². The van der Waals surface area contributed by atoms with Gasteiger partial charge >= 0.3 is 0 Å². The third-order valence-electron chi connectivity index (χ3n) is 5.34. The minimum atomic E-state index is -0.113. The summed E-state index contributed by atoms with van der Waals surface area (Å²) in [7, 11) is 0. The maximum Gasteiger partial charge on any atom is 0.253 e. The van der Waals surface area contributed by atoms with Crippen molar-refractivity contribution in [3.63, 3.8) is 0 Å². The second kappa shape index (κ2) is 8.52. The molecule has 0 aliphatic carbocycles. The number of carbonyl (C=O) groups excluding carboxylic acids is 2. The number of likely N-dealkylation sites (tertiary alicyclic amines) is 1. The molecular formula is C22H25N3O3. The Morgan fingerprint density at radius 2 is 1.93 bits per heavy atom. The number of benzene rings is 1. The molecule has 146 valence electrons. The first kappa shape index (κ1) is 18.6. The molecule has 2 amide bonds. The van der Waals surface area contributed by atoms with Gasteiger partial charge in [-0.2, -0.15) is 0 Å². The van der Waals surface area contributed by atoms with Crippen LogP contribution in [0.25, 0.3) is 11.3 Å². The summed E-state index contributed by atoms with van der Waals surface area (Å²) in [4.78, 5) is 31.6. The van der Waals surface area contributed by atoms with Gasteiger partial charge in [-0.1, -0.05) is 12.1 Å². The van der Waals surface area contributed by atoms with E-state index in [0.29, 0.717) is 30.0 Å². The van der Waals surface area contributed by atoms with Gasteiger partial charge in [0, 0.05) is 42.6 Å². The average Bonchev–Trinajstić information content (AvgIpc) is 3.27. The van der Waals surface area contributed by atoms with Crippen LogP contribution in [-0.4, -0.2) is 54.0 Å². The van der Waals surface area contributed by atoms with Crippen molar-refractivity contribution < 1.29 is 14.3 Å². The van der Waals surface area contributed by atoms with Crippen LogP contribution in [0.2, 0.25) is 0 Å². The number of aromatic nitrogens is 1. The summed E-state index contributed by atoms with van der Waals surface area (Å²) in [5, 5.41) is 3.00. The van der Waals surface area contributed by atoms with Crippen LogP contribution in [0.5, 0.6) is 0 Å². The van der Waals surface area contributed by atoms with Crippen molar-refractivity contribution in [3.05, 3.63) is 53.7 Å². The summed E-state index contributed by atoms with van der Waals surface area (Å²) in [5.41, 5.74) is 2.74. The highest BCUT2D eigenvalue weighted by Gasteiger charge is 2.20. The molecule has 2 saturated heterocycles. The molecule has 0 bridgehead atoms. The summed E-state index contributed by atoms with van der Waals surface area (Å²) in [6.07, 6.45) is 5.82. The van der Waals surface area contributed by atoms with E-state index in [1.165, 1.54) is 6.42 Å². The van der Waals surface area contributed by atoms with Crippen LogP contribution in [0.4, 0.5) is 0 Å². The molecule has 4 rings (SSSR count). The topological polar surface area (TPSA) is 71.5 Å². The minimum Gasteiger partial charge on any atom is -0.379 e. The second-order valence-corrected chi connectivity index (χ2v) is 7.40. The largest absolute Gasteiger partial charge is 0.379 e. The number of amides is 2. The zero-order chi connectivity index (χ0) is 19.3. The third kappa shape index (κ3) is 4.22. The molecule has 0 spiro atoms. The van der Waals surface area contributed by atoms with E-state index in [4.69, 9.17) is 4.74 Å². The molecule has 6 heteroatoms. The Morgan fingerprint density at radius 1 is 1.07 bits per heavy atom. The van der Waals surface area contributed by atoms with Gasteiger partial charge in [-0.05, 0) is 49.9 Å². The molecule has 28 heavy (non-hydrogen) atoms. The van der Waals surface area contributed by atoms with E-state index >= 15 is 0 Å². The second-order valence-electron chi connectivity index (χ2n) is 7.40. The van der Waals surface area contributed by atoms with Crippen LogP contribution in [0, 0.1) is 0 Å². The normalized spacial score (nSPS) is 19.4. The molecule has 0 saturated carbocycles. The van der Waals surface area contributed by atoms with E-state index in [1.54, 1.807) is 18.3 Å². The Kier molecular flexibility index (Phi) is 5.67. The van der Waals surface area contributed by atoms with Gasteiger partial charge in [-0.15, -0.1) is 0 Å². The lowest BCUT2D eigenvalue weighted by Crippen LogP contribution is -2.35. The van der Waals surface area contributed by atoms with Gasteiger partial charge in [-0.3, -0.25) is 14.6 Å². The van der Waals surface area contributed by atoms with Crippen LogP contribution in [-0.2, 0) is 4.74 Å². The molecule has 6 nitrogen and oxygen atoms in total. The monoisotopic (exact) mass is 379 g/mol. The van der Waals surface area contributed by atoms with Gasteiger partial charge in [0.2, 0.25) is 0 Å². The molecule has 1 atom stereocenters. The maximum atomic E-state index is 12.8. The molecule has 1 aromatic carbocycles. The van der Waals surface area contributed by atoms with Gasteiger partial charge in [0.15, 0.2) is 0 Å².